The molecule has 0 heterocycles. The maximum Gasteiger partial charge on any atom is 0.239 e. The van der Waals surface area contributed by atoms with Gasteiger partial charge in [0.05, 0.1) is 6.54 Å². The van der Waals surface area contributed by atoms with Crippen molar-refractivity contribution in [1.29, 1.82) is 0 Å². The van der Waals surface area contributed by atoms with Crippen LogP contribution in [0, 0.1) is 0 Å². The fourth-order valence-corrected chi connectivity index (χ4v) is 3.02. The molecular formula is C19H29N3O2. The van der Waals surface area contributed by atoms with E-state index in [9.17, 15) is 9.59 Å². The van der Waals surface area contributed by atoms with Crippen molar-refractivity contribution in [2.45, 2.75) is 51.0 Å². The summed E-state index contributed by atoms with van der Waals surface area (Å²) >= 11 is 0. The van der Waals surface area contributed by atoms with Crippen LogP contribution < -0.4 is 10.6 Å². The number of nitrogens with zero attached hydrogens (tertiary/aromatic N) is 1. The molecule has 0 unspecified atom stereocenters. The zero-order valence-corrected chi connectivity index (χ0v) is 14.8. The van der Waals surface area contributed by atoms with Crippen molar-refractivity contribution >= 4 is 17.5 Å². The maximum absolute atomic E-state index is 12.0. The van der Waals surface area contributed by atoms with E-state index >= 15 is 0 Å². The zero-order chi connectivity index (χ0) is 17.4. The minimum Gasteiger partial charge on any atom is -0.376 e. The first-order valence-corrected chi connectivity index (χ1v) is 8.87. The highest BCUT2D eigenvalue weighted by Gasteiger charge is 2.15. The lowest BCUT2D eigenvalue weighted by Crippen LogP contribution is -2.39. The SMILES string of the molecule is CN(C)C(=O)CCc1cccc(NCC(=O)NC2CCCCC2)c1. The number of aryl methyl sites for hydroxylation is 1. The maximum atomic E-state index is 12.0. The molecule has 132 valence electrons. The molecule has 0 aliphatic heterocycles. The average Bonchev–Trinajstić information content (AvgIpc) is 2.59. The van der Waals surface area contributed by atoms with Gasteiger partial charge in [0, 0.05) is 32.2 Å². The number of hydrogen-bond acceptors (Lipinski definition) is 3. The van der Waals surface area contributed by atoms with E-state index in [0.717, 1.165) is 24.1 Å². The number of benzene rings is 1. The molecule has 5 nitrogen and oxygen atoms in total. The van der Waals surface area contributed by atoms with E-state index in [2.05, 4.69) is 10.6 Å². The lowest BCUT2D eigenvalue weighted by molar-refractivity contribution is -0.128. The molecule has 0 radical (unpaired) electrons. The first-order valence-electron chi connectivity index (χ1n) is 8.87. The van der Waals surface area contributed by atoms with Crippen molar-refractivity contribution in [3.05, 3.63) is 29.8 Å². The van der Waals surface area contributed by atoms with Crippen LogP contribution in [0.3, 0.4) is 0 Å². The van der Waals surface area contributed by atoms with Crippen molar-refractivity contribution in [2.24, 2.45) is 0 Å². The molecule has 2 rings (SSSR count). The Morgan fingerprint density at radius 2 is 1.92 bits per heavy atom. The molecule has 0 aromatic heterocycles. The highest BCUT2D eigenvalue weighted by atomic mass is 16.2. The number of amides is 2. The molecule has 0 bridgehead atoms. The van der Waals surface area contributed by atoms with Crippen LogP contribution >= 0.6 is 0 Å². The molecule has 2 amide bonds. The molecule has 1 aromatic rings. The number of rotatable bonds is 7. The molecule has 0 spiro atoms. The lowest BCUT2D eigenvalue weighted by atomic mass is 9.95. The molecule has 1 fully saturated rings. The predicted octanol–water partition coefficient (Wildman–Crippen LogP) is 2.57. The summed E-state index contributed by atoms with van der Waals surface area (Å²) in [7, 11) is 3.54. The van der Waals surface area contributed by atoms with Gasteiger partial charge >= 0.3 is 0 Å². The molecule has 24 heavy (non-hydrogen) atoms. The standard InChI is InChI=1S/C19H29N3O2/c1-22(2)19(24)12-11-15-7-6-10-17(13-15)20-14-18(23)21-16-8-4-3-5-9-16/h6-7,10,13,16,20H,3-5,8-9,11-12,14H2,1-2H3,(H,21,23). The third-order valence-electron chi connectivity index (χ3n) is 4.48. The van der Waals surface area contributed by atoms with Gasteiger partial charge in [-0.3, -0.25) is 9.59 Å². The third-order valence-corrected chi connectivity index (χ3v) is 4.48. The minimum atomic E-state index is 0.0510. The van der Waals surface area contributed by atoms with Gasteiger partial charge in [-0.1, -0.05) is 31.4 Å². The Balaban J connectivity index is 1.76. The van der Waals surface area contributed by atoms with Crippen LogP contribution in [0.1, 0.15) is 44.1 Å². The van der Waals surface area contributed by atoms with E-state index < -0.39 is 0 Å². The number of nitrogens with one attached hydrogen (secondary N) is 2. The Hall–Kier alpha value is -2.04. The van der Waals surface area contributed by atoms with Gasteiger partial charge < -0.3 is 15.5 Å². The van der Waals surface area contributed by atoms with E-state index in [-0.39, 0.29) is 18.4 Å². The summed E-state index contributed by atoms with van der Waals surface area (Å²) in [5.41, 5.74) is 2.02. The molecule has 5 heteroatoms. The second kappa shape index (κ2) is 9.30. The van der Waals surface area contributed by atoms with Crippen LogP contribution in [-0.4, -0.2) is 43.4 Å². The number of anilines is 1. The van der Waals surface area contributed by atoms with Gasteiger partial charge in [-0.15, -0.1) is 0 Å². The Morgan fingerprint density at radius 1 is 1.17 bits per heavy atom. The van der Waals surface area contributed by atoms with Crippen LogP contribution in [0.25, 0.3) is 0 Å². The van der Waals surface area contributed by atoms with Gasteiger partial charge in [0.1, 0.15) is 0 Å². The second-order valence-corrected chi connectivity index (χ2v) is 6.74. The van der Waals surface area contributed by atoms with Crippen molar-refractivity contribution in [3.8, 4) is 0 Å². The van der Waals surface area contributed by atoms with Crippen LogP contribution in [0.2, 0.25) is 0 Å². The van der Waals surface area contributed by atoms with E-state index in [1.165, 1.54) is 19.3 Å². The fourth-order valence-electron chi connectivity index (χ4n) is 3.02. The van der Waals surface area contributed by atoms with Gasteiger partial charge in [0.15, 0.2) is 0 Å². The Morgan fingerprint density at radius 3 is 2.62 bits per heavy atom. The molecular weight excluding hydrogens is 302 g/mol. The van der Waals surface area contributed by atoms with Crippen LogP contribution in [0.15, 0.2) is 24.3 Å². The molecule has 0 saturated heterocycles. The average molecular weight is 331 g/mol. The van der Waals surface area contributed by atoms with E-state index in [4.69, 9.17) is 0 Å². The van der Waals surface area contributed by atoms with Crippen molar-refractivity contribution in [3.63, 3.8) is 0 Å². The van der Waals surface area contributed by atoms with Gasteiger partial charge in [0.25, 0.3) is 0 Å². The molecule has 1 aromatic carbocycles. The monoisotopic (exact) mass is 331 g/mol. The predicted molar refractivity (Wildman–Crippen MR) is 97.0 cm³/mol. The van der Waals surface area contributed by atoms with Crippen molar-refractivity contribution < 1.29 is 9.59 Å². The topological polar surface area (TPSA) is 61.4 Å². The van der Waals surface area contributed by atoms with Crippen LogP contribution in [-0.2, 0) is 16.0 Å². The first-order chi connectivity index (χ1) is 11.5. The summed E-state index contributed by atoms with van der Waals surface area (Å²) in [4.78, 5) is 25.3. The first kappa shape index (κ1) is 18.3. The largest absolute Gasteiger partial charge is 0.376 e. The summed E-state index contributed by atoms with van der Waals surface area (Å²) in [6.45, 7) is 0.288. The summed E-state index contributed by atoms with van der Waals surface area (Å²) in [5.74, 6) is 0.176. The quantitative estimate of drug-likeness (QED) is 0.807. The number of carbonyl (C=O) groups excluding carboxylic acids is 2. The highest BCUT2D eigenvalue weighted by Crippen LogP contribution is 2.17. The Bertz CT molecular complexity index is 551. The van der Waals surface area contributed by atoms with Crippen LogP contribution in [0.4, 0.5) is 5.69 Å². The Labute approximate surface area is 144 Å². The lowest BCUT2D eigenvalue weighted by Gasteiger charge is -2.22. The molecule has 2 N–H and O–H groups in total. The van der Waals surface area contributed by atoms with Gasteiger partial charge in [-0.25, -0.2) is 0 Å². The van der Waals surface area contributed by atoms with Crippen molar-refractivity contribution in [2.75, 3.05) is 26.0 Å². The minimum absolute atomic E-state index is 0.0510. The van der Waals surface area contributed by atoms with Gasteiger partial charge in [-0.05, 0) is 37.0 Å². The van der Waals surface area contributed by atoms with Gasteiger partial charge in [0.2, 0.25) is 11.8 Å². The molecule has 1 saturated carbocycles. The number of carbonyl (C=O) groups is 2. The van der Waals surface area contributed by atoms with E-state index in [0.29, 0.717) is 18.9 Å². The Kier molecular flexibility index (Phi) is 7.09. The number of hydrogen-bond donors (Lipinski definition) is 2. The smallest absolute Gasteiger partial charge is 0.239 e. The van der Waals surface area contributed by atoms with Crippen molar-refractivity contribution in [1.82, 2.24) is 10.2 Å². The summed E-state index contributed by atoms with van der Waals surface area (Å²) in [6, 6.07) is 8.27. The van der Waals surface area contributed by atoms with Gasteiger partial charge in [-0.2, -0.15) is 0 Å². The third kappa shape index (κ3) is 6.22. The summed E-state index contributed by atoms with van der Waals surface area (Å²) < 4.78 is 0. The highest BCUT2D eigenvalue weighted by molar-refractivity contribution is 5.81. The van der Waals surface area contributed by atoms with E-state index in [1.54, 1.807) is 19.0 Å². The molecule has 1 aliphatic rings. The zero-order valence-electron chi connectivity index (χ0n) is 14.8. The van der Waals surface area contributed by atoms with Crippen LogP contribution in [0.5, 0.6) is 0 Å². The summed E-state index contributed by atoms with van der Waals surface area (Å²) in [5, 5.41) is 6.28. The fraction of sp³-hybridized carbons (Fsp3) is 0.579. The normalized spacial score (nSPS) is 14.9. The second-order valence-electron chi connectivity index (χ2n) is 6.74. The molecule has 0 atom stereocenters. The summed E-state index contributed by atoms with van der Waals surface area (Å²) in [6.07, 6.45) is 7.12. The molecule has 1 aliphatic carbocycles. The van der Waals surface area contributed by atoms with E-state index in [1.807, 2.05) is 24.3 Å².